The van der Waals surface area contributed by atoms with Gasteiger partial charge in [0.05, 0.1) is 6.54 Å². The second kappa shape index (κ2) is 6.32. The van der Waals surface area contributed by atoms with Crippen LogP contribution in [0.4, 0.5) is 4.39 Å². The van der Waals surface area contributed by atoms with Gasteiger partial charge < -0.3 is 10.2 Å². The van der Waals surface area contributed by atoms with E-state index in [0.717, 1.165) is 18.5 Å². The second-order valence-corrected chi connectivity index (χ2v) is 5.36. The molecular formula is C15H19FN4O. The summed E-state index contributed by atoms with van der Waals surface area (Å²) in [7, 11) is 0. The molecule has 21 heavy (non-hydrogen) atoms. The third-order valence-electron chi connectivity index (χ3n) is 3.92. The molecule has 1 unspecified atom stereocenters. The molecule has 2 heterocycles. The number of nitrogens with zero attached hydrogens (tertiary/aromatic N) is 3. The van der Waals surface area contributed by atoms with Crippen molar-refractivity contribution in [3.05, 3.63) is 36.0 Å². The Kier molecular flexibility index (Phi) is 4.26. The Morgan fingerprint density at radius 3 is 2.81 bits per heavy atom. The topological polar surface area (TPSA) is 68.2 Å². The fraction of sp³-hybridized carbons (Fsp3) is 0.467. The van der Waals surface area contributed by atoms with E-state index in [2.05, 4.69) is 15.1 Å². The molecule has 0 saturated carbocycles. The standard InChI is InChI=1S/C15H19FN4O/c16-12-6-4-11(5-7-12)15-19-18-14(21-15)10-20-8-2-1-3-13(20)9-17/h4-7,13H,1-3,8-10,17H2. The van der Waals surface area contributed by atoms with Gasteiger partial charge in [-0.25, -0.2) is 4.39 Å². The van der Waals surface area contributed by atoms with Gasteiger partial charge in [-0.1, -0.05) is 6.42 Å². The van der Waals surface area contributed by atoms with Crippen molar-refractivity contribution >= 4 is 0 Å². The van der Waals surface area contributed by atoms with Gasteiger partial charge in [0, 0.05) is 18.2 Å². The molecule has 1 aliphatic rings. The largest absolute Gasteiger partial charge is 0.419 e. The molecule has 1 atom stereocenters. The summed E-state index contributed by atoms with van der Waals surface area (Å²) in [5, 5.41) is 8.12. The molecule has 2 aromatic rings. The summed E-state index contributed by atoms with van der Waals surface area (Å²) in [6.45, 7) is 2.28. The molecule has 3 rings (SSSR count). The van der Waals surface area contributed by atoms with Crippen molar-refractivity contribution in [2.24, 2.45) is 5.73 Å². The number of halogens is 1. The maximum absolute atomic E-state index is 12.9. The normalized spacial score (nSPS) is 19.8. The molecule has 1 aliphatic heterocycles. The molecule has 2 N–H and O–H groups in total. The van der Waals surface area contributed by atoms with E-state index >= 15 is 0 Å². The molecule has 6 heteroatoms. The lowest BCUT2D eigenvalue weighted by atomic mass is 10.0. The van der Waals surface area contributed by atoms with E-state index in [0.29, 0.717) is 30.9 Å². The molecule has 0 aliphatic carbocycles. The zero-order valence-corrected chi connectivity index (χ0v) is 11.8. The fourth-order valence-corrected chi connectivity index (χ4v) is 2.74. The summed E-state index contributed by atoms with van der Waals surface area (Å²) < 4.78 is 18.6. The van der Waals surface area contributed by atoms with Gasteiger partial charge in [0.1, 0.15) is 5.82 Å². The Labute approximate surface area is 123 Å². The Bertz CT molecular complexity index is 584. The van der Waals surface area contributed by atoms with Gasteiger partial charge in [-0.05, 0) is 43.7 Å². The first-order valence-electron chi connectivity index (χ1n) is 7.28. The molecule has 112 valence electrons. The van der Waals surface area contributed by atoms with Crippen LogP contribution in [-0.4, -0.2) is 34.2 Å². The van der Waals surface area contributed by atoms with E-state index in [4.69, 9.17) is 10.2 Å². The van der Waals surface area contributed by atoms with Crippen LogP contribution in [0.1, 0.15) is 25.2 Å². The van der Waals surface area contributed by atoms with Crippen LogP contribution < -0.4 is 5.73 Å². The number of likely N-dealkylation sites (tertiary alicyclic amines) is 1. The highest BCUT2D eigenvalue weighted by Gasteiger charge is 2.23. The van der Waals surface area contributed by atoms with Gasteiger partial charge in [-0.15, -0.1) is 10.2 Å². The lowest BCUT2D eigenvalue weighted by molar-refractivity contribution is 0.132. The first-order chi connectivity index (χ1) is 10.3. The molecule has 1 aromatic heterocycles. The SMILES string of the molecule is NCC1CCCCN1Cc1nnc(-c2ccc(F)cc2)o1. The quantitative estimate of drug-likeness (QED) is 0.934. The van der Waals surface area contributed by atoms with E-state index in [9.17, 15) is 4.39 Å². The molecule has 1 saturated heterocycles. The summed E-state index contributed by atoms with van der Waals surface area (Å²) in [4.78, 5) is 2.30. The van der Waals surface area contributed by atoms with Crippen LogP contribution in [0.5, 0.6) is 0 Å². The zero-order chi connectivity index (χ0) is 14.7. The van der Waals surface area contributed by atoms with Crippen LogP contribution in [0.15, 0.2) is 28.7 Å². The second-order valence-electron chi connectivity index (χ2n) is 5.36. The number of hydrogen-bond acceptors (Lipinski definition) is 5. The highest BCUT2D eigenvalue weighted by molar-refractivity contribution is 5.51. The number of aromatic nitrogens is 2. The summed E-state index contributed by atoms with van der Waals surface area (Å²) in [5.41, 5.74) is 6.54. The molecule has 0 bridgehead atoms. The van der Waals surface area contributed by atoms with E-state index in [1.165, 1.54) is 25.0 Å². The summed E-state index contributed by atoms with van der Waals surface area (Å²) in [6.07, 6.45) is 3.52. The number of hydrogen-bond donors (Lipinski definition) is 1. The Hall–Kier alpha value is -1.79. The predicted molar refractivity (Wildman–Crippen MR) is 76.8 cm³/mol. The van der Waals surface area contributed by atoms with Gasteiger partial charge in [-0.2, -0.15) is 0 Å². The molecule has 1 aromatic carbocycles. The summed E-state index contributed by atoms with van der Waals surface area (Å²) in [6, 6.07) is 6.43. The Morgan fingerprint density at radius 2 is 2.05 bits per heavy atom. The van der Waals surface area contributed by atoms with Crippen molar-refractivity contribution in [2.45, 2.75) is 31.8 Å². The van der Waals surface area contributed by atoms with Gasteiger partial charge in [0.15, 0.2) is 0 Å². The summed E-state index contributed by atoms with van der Waals surface area (Å²) in [5.74, 6) is 0.721. The van der Waals surface area contributed by atoms with Crippen LogP contribution in [0, 0.1) is 5.82 Å². The lowest BCUT2D eigenvalue weighted by Gasteiger charge is -2.33. The number of nitrogens with two attached hydrogens (primary N) is 1. The van der Waals surface area contributed by atoms with E-state index in [1.807, 2.05) is 0 Å². The number of piperidine rings is 1. The van der Waals surface area contributed by atoms with Gasteiger partial charge in [0.25, 0.3) is 0 Å². The molecule has 0 spiro atoms. The fourth-order valence-electron chi connectivity index (χ4n) is 2.74. The summed E-state index contributed by atoms with van der Waals surface area (Å²) >= 11 is 0. The van der Waals surface area contributed by atoms with Crippen molar-refractivity contribution in [3.63, 3.8) is 0 Å². The molecule has 0 radical (unpaired) electrons. The van der Waals surface area contributed by atoms with Crippen molar-refractivity contribution in [1.29, 1.82) is 0 Å². The van der Waals surface area contributed by atoms with Crippen LogP contribution in [0.3, 0.4) is 0 Å². The van der Waals surface area contributed by atoms with Gasteiger partial charge in [-0.3, -0.25) is 4.90 Å². The number of benzene rings is 1. The maximum atomic E-state index is 12.9. The minimum Gasteiger partial charge on any atom is -0.419 e. The smallest absolute Gasteiger partial charge is 0.247 e. The third kappa shape index (κ3) is 3.28. The van der Waals surface area contributed by atoms with Crippen molar-refractivity contribution in [3.8, 4) is 11.5 Å². The number of rotatable bonds is 4. The van der Waals surface area contributed by atoms with Crippen LogP contribution in [0.25, 0.3) is 11.5 Å². The molecule has 1 fully saturated rings. The van der Waals surface area contributed by atoms with Gasteiger partial charge >= 0.3 is 0 Å². The molecular weight excluding hydrogens is 271 g/mol. The van der Waals surface area contributed by atoms with Crippen molar-refractivity contribution < 1.29 is 8.81 Å². The van der Waals surface area contributed by atoms with Crippen molar-refractivity contribution in [2.75, 3.05) is 13.1 Å². The van der Waals surface area contributed by atoms with Gasteiger partial charge in [0.2, 0.25) is 11.8 Å². The van der Waals surface area contributed by atoms with Crippen LogP contribution >= 0.6 is 0 Å². The Balaban J connectivity index is 1.71. The first kappa shape index (κ1) is 14.2. The third-order valence-corrected chi connectivity index (χ3v) is 3.92. The maximum Gasteiger partial charge on any atom is 0.247 e. The predicted octanol–water partition coefficient (Wildman–Crippen LogP) is 2.19. The highest BCUT2D eigenvalue weighted by Crippen LogP contribution is 2.21. The van der Waals surface area contributed by atoms with Crippen LogP contribution in [0.2, 0.25) is 0 Å². The van der Waals surface area contributed by atoms with E-state index in [-0.39, 0.29) is 5.82 Å². The lowest BCUT2D eigenvalue weighted by Crippen LogP contribution is -2.43. The minimum atomic E-state index is -0.280. The first-order valence-corrected chi connectivity index (χ1v) is 7.28. The van der Waals surface area contributed by atoms with E-state index in [1.54, 1.807) is 12.1 Å². The Morgan fingerprint density at radius 1 is 1.24 bits per heavy atom. The van der Waals surface area contributed by atoms with Crippen LogP contribution in [-0.2, 0) is 6.54 Å². The molecule has 5 nitrogen and oxygen atoms in total. The monoisotopic (exact) mass is 290 g/mol. The average Bonchev–Trinajstić information content (AvgIpc) is 2.97. The molecule has 0 amide bonds. The highest BCUT2D eigenvalue weighted by atomic mass is 19.1. The minimum absolute atomic E-state index is 0.280. The average molecular weight is 290 g/mol. The zero-order valence-electron chi connectivity index (χ0n) is 11.8. The van der Waals surface area contributed by atoms with E-state index < -0.39 is 0 Å². The van der Waals surface area contributed by atoms with Crippen molar-refractivity contribution in [1.82, 2.24) is 15.1 Å².